The summed E-state index contributed by atoms with van der Waals surface area (Å²) in [5.74, 6) is -0.661. The fourth-order valence-corrected chi connectivity index (χ4v) is 3.20. The molecule has 3 aromatic heterocycles. The Hall–Kier alpha value is -3.23. The highest BCUT2D eigenvalue weighted by Gasteiger charge is 2.30. The molecule has 0 spiro atoms. The van der Waals surface area contributed by atoms with Crippen LogP contribution < -0.4 is 0 Å². The van der Waals surface area contributed by atoms with Crippen LogP contribution >= 0.6 is 0 Å². The molecule has 0 fully saturated rings. The first-order valence-corrected chi connectivity index (χ1v) is 7.81. The zero-order valence-corrected chi connectivity index (χ0v) is 13.8. The van der Waals surface area contributed by atoms with E-state index in [1.54, 1.807) is 34.8 Å². The van der Waals surface area contributed by atoms with E-state index < -0.39 is 5.97 Å². The zero-order chi connectivity index (χ0) is 17.6. The molecule has 1 aliphatic heterocycles. The van der Waals surface area contributed by atoms with Crippen LogP contribution in [0.5, 0.6) is 0 Å². The molecule has 9 nitrogen and oxygen atoms in total. The molecule has 0 aliphatic carbocycles. The highest BCUT2D eigenvalue weighted by atomic mass is 16.5. The summed E-state index contributed by atoms with van der Waals surface area (Å²) in [7, 11) is 3.11. The van der Waals surface area contributed by atoms with Crippen LogP contribution in [0.1, 0.15) is 32.2 Å². The highest BCUT2D eigenvalue weighted by Crippen LogP contribution is 2.24. The van der Waals surface area contributed by atoms with Crippen molar-refractivity contribution in [2.75, 3.05) is 13.7 Å². The number of nitrogens with zero attached hydrogens (tertiary/aromatic N) is 6. The number of aromatic nitrogens is 5. The van der Waals surface area contributed by atoms with Crippen LogP contribution in [-0.2, 0) is 24.8 Å². The van der Waals surface area contributed by atoms with Crippen LogP contribution in [0, 0.1) is 0 Å². The third kappa shape index (κ3) is 2.35. The number of carbonyl (C=O) groups excluding carboxylic acids is 2. The van der Waals surface area contributed by atoms with Gasteiger partial charge in [0.1, 0.15) is 12.0 Å². The van der Waals surface area contributed by atoms with Gasteiger partial charge in [-0.15, -0.1) is 0 Å². The topological polar surface area (TPSA) is 94.6 Å². The van der Waals surface area contributed by atoms with Crippen LogP contribution in [0.3, 0.4) is 0 Å². The molecule has 4 heterocycles. The van der Waals surface area contributed by atoms with Crippen molar-refractivity contribution in [3.8, 4) is 0 Å². The average Bonchev–Trinajstić information content (AvgIpc) is 3.24. The fraction of sp³-hybridized carbons (Fsp3) is 0.312. The number of hydrogen-bond acceptors (Lipinski definition) is 6. The molecular formula is C16H16N6O3. The lowest BCUT2D eigenvalue weighted by Crippen LogP contribution is -2.37. The van der Waals surface area contributed by atoms with Gasteiger partial charge in [-0.2, -0.15) is 10.2 Å². The SMILES string of the molecule is COC(=O)c1nn(C)c2c1CN(C(=O)c1cccc3ncnn13)CC2. The Morgan fingerprint density at radius 3 is 2.92 bits per heavy atom. The first kappa shape index (κ1) is 15.3. The summed E-state index contributed by atoms with van der Waals surface area (Å²) in [6, 6.07) is 5.27. The quantitative estimate of drug-likeness (QED) is 0.629. The van der Waals surface area contributed by atoms with E-state index in [-0.39, 0.29) is 11.6 Å². The number of hydrogen-bond donors (Lipinski definition) is 0. The summed E-state index contributed by atoms with van der Waals surface area (Å²) in [5, 5.41) is 8.36. The summed E-state index contributed by atoms with van der Waals surface area (Å²) in [5.41, 5.74) is 2.99. The van der Waals surface area contributed by atoms with Gasteiger partial charge in [0.25, 0.3) is 5.91 Å². The molecule has 0 saturated carbocycles. The number of carbonyl (C=O) groups is 2. The first-order chi connectivity index (χ1) is 12.1. The zero-order valence-electron chi connectivity index (χ0n) is 13.8. The molecule has 0 saturated heterocycles. The minimum Gasteiger partial charge on any atom is -0.464 e. The van der Waals surface area contributed by atoms with Gasteiger partial charge < -0.3 is 9.64 Å². The molecule has 4 rings (SSSR count). The Labute approximate surface area is 142 Å². The lowest BCUT2D eigenvalue weighted by molar-refractivity contribution is 0.0585. The van der Waals surface area contributed by atoms with Gasteiger partial charge in [0.05, 0.1) is 13.7 Å². The van der Waals surface area contributed by atoms with Crippen molar-refractivity contribution < 1.29 is 14.3 Å². The second-order valence-corrected chi connectivity index (χ2v) is 5.81. The standard InChI is InChI=1S/C16H16N6O3/c1-20-11-6-7-21(8-10(11)14(19-20)16(24)25-2)15(23)12-4-3-5-13-17-9-18-22(12)13/h3-5,9H,6-8H2,1-2H3. The molecular weight excluding hydrogens is 324 g/mol. The summed E-state index contributed by atoms with van der Waals surface area (Å²) >= 11 is 0. The van der Waals surface area contributed by atoms with E-state index in [1.165, 1.54) is 18.0 Å². The maximum absolute atomic E-state index is 13.0. The van der Waals surface area contributed by atoms with Gasteiger partial charge in [-0.1, -0.05) is 6.07 Å². The largest absolute Gasteiger partial charge is 0.464 e. The minimum absolute atomic E-state index is 0.165. The number of fused-ring (bicyclic) bond motifs is 2. The Morgan fingerprint density at radius 1 is 1.28 bits per heavy atom. The molecule has 25 heavy (non-hydrogen) atoms. The number of ether oxygens (including phenoxy) is 1. The molecule has 1 amide bonds. The number of esters is 1. The molecule has 0 unspecified atom stereocenters. The van der Waals surface area contributed by atoms with Gasteiger partial charge in [0, 0.05) is 31.3 Å². The van der Waals surface area contributed by atoms with Crippen LogP contribution in [0.4, 0.5) is 0 Å². The van der Waals surface area contributed by atoms with Crippen molar-refractivity contribution >= 4 is 17.5 Å². The predicted octanol–water partition coefficient (Wildman–Crippen LogP) is 0.448. The van der Waals surface area contributed by atoms with Gasteiger partial charge in [0.2, 0.25) is 0 Å². The molecule has 0 aromatic carbocycles. The average molecular weight is 340 g/mol. The summed E-state index contributed by atoms with van der Waals surface area (Å²) in [6.45, 7) is 0.842. The van der Waals surface area contributed by atoms with Crippen LogP contribution in [-0.4, -0.2) is 54.8 Å². The Balaban J connectivity index is 1.69. The third-order valence-electron chi connectivity index (χ3n) is 4.43. The molecule has 3 aromatic rings. The fourth-order valence-electron chi connectivity index (χ4n) is 3.20. The maximum atomic E-state index is 13.0. The second kappa shape index (κ2) is 5.69. The lowest BCUT2D eigenvalue weighted by Gasteiger charge is -2.27. The van der Waals surface area contributed by atoms with Crippen LogP contribution in [0.25, 0.3) is 5.65 Å². The van der Waals surface area contributed by atoms with E-state index in [2.05, 4.69) is 15.2 Å². The number of methoxy groups -OCH3 is 1. The van der Waals surface area contributed by atoms with Gasteiger partial charge >= 0.3 is 5.97 Å². The summed E-state index contributed by atoms with van der Waals surface area (Å²) in [6.07, 6.45) is 2.03. The summed E-state index contributed by atoms with van der Waals surface area (Å²) < 4.78 is 8.00. The highest BCUT2D eigenvalue weighted by molar-refractivity contribution is 5.94. The Bertz CT molecular complexity index is 989. The monoisotopic (exact) mass is 340 g/mol. The molecule has 0 atom stereocenters. The van der Waals surface area contributed by atoms with Crippen molar-refractivity contribution in [2.24, 2.45) is 7.05 Å². The number of aryl methyl sites for hydroxylation is 1. The van der Waals surface area contributed by atoms with Gasteiger partial charge in [0.15, 0.2) is 11.3 Å². The van der Waals surface area contributed by atoms with Crippen LogP contribution in [0.2, 0.25) is 0 Å². The van der Waals surface area contributed by atoms with Gasteiger partial charge in [-0.3, -0.25) is 9.48 Å². The van der Waals surface area contributed by atoms with E-state index in [4.69, 9.17) is 4.74 Å². The number of amides is 1. The molecule has 0 radical (unpaired) electrons. The van der Waals surface area contributed by atoms with Crippen molar-refractivity contribution in [1.82, 2.24) is 29.3 Å². The predicted molar refractivity (Wildman–Crippen MR) is 86.0 cm³/mol. The molecule has 1 aliphatic rings. The minimum atomic E-state index is -0.496. The third-order valence-corrected chi connectivity index (χ3v) is 4.43. The Kier molecular flexibility index (Phi) is 3.48. The van der Waals surface area contributed by atoms with E-state index in [1.807, 2.05) is 0 Å². The first-order valence-electron chi connectivity index (χ1n) is 7.81. The smallest absolute Gasteiger partial charge is 0.358 e. The lowest BCUT2D eigenvalue weighted by atomic mass is 10.0. The molecule has 9 heteroatoms. The van der Waals surface area contributed by atoms with E-state index in [0.717, 1.165) is 11.3 Å². The van der Waals surface area contributed by atoms with E-state index in [9.17, 15) is 9.59 Å². The van der Waals surface area contributed by atoms with Crippen molar-refractivity contribution in [3.05, 3.63) is 47.2 Å². The Morgan fingerprint density at radius 2 is 2.12 bits per heavy atom. The van der Waals surface area contributed by atoms with Crippen molar-refractivity contribution in [2.45, 2.75) is 13.0 Å². The van der Waals surface area contributed by atoms with Gasteiger partial charge in [-0.05, 0) is 12.1 Å². The number of pyridine rings is 1. The maximum Gasteiger partial charge on any atom is 0.358 e. The van der Waals surface area contributed by atoms with E-state index >= 15 is 0 Å². The van der Waals surface area contributed by atoms with Crippen LogP contribution in [0.15, 0.2) is 24.5 Å². The van der Waals surface area contributed by atoms with E-state index in [0.29, 0.717) is 30.9 Å². The molecule has 128 valence electrons. The molecule has 0 N–H and O–H groups in total. The summed E-state index contributed by atoms with van der Waals surface area (Å²) in [4.78, 5) is 30.7. The van der Waals surface area contributed by atoms with Gasteiger partial charge in [-0.25, -0.2) is 14.3 Å². The van der Waals surface area contributed by atoms with Crippen molar-refractivity contribution in [1.29, 1.82) is 0 Å². The second-order valence-electron chi connectivity index (χ2n) is 5.81. The van der Waals surface area contributed by atoms with Crippen molar-refractivity contribution in [3.63, 3.8) is 0 Å². The normalized spacial score (nSPS) is 13.8. The number of rotatable bonds is 2. The molecule has 0 bridgehead atoms.